The van der Waals surface area contributed by atoms with E-state index in [1.165, 1.54) is 0 Å². The second-order valence-corrected chi connectivity index (χ2v) is 4.37. The van der Waals surface area contributed by atoms with Crippen LogP contribution in [-0.4, -0.2) is 28.3 Å². The Morgan fingerprint density at radius 1 is 1.57 bits per heavy atom. The maximum atomic E-state index is 10.0. The van der Waals surface area contributed by atoms with Crippen LogP contribution in [0.25, 0.3) is 0 Å². The molecule has 0 radical (unpaired) electrons. The van der Waals surface area contributed by atoms with Gasteiger partial charge in [0, 0.05) is 29.3 Å². The number of aliphatic hydroxyl groups excluding tert-OH is 1. The Balaban J connectivity index is 2.41. The molecule has 1 aliphatic heterocycles. The number of pyridine rings is 1. The van der Waals surface area contributed by atoms with Crippen molar-refractivity contribution in [2.45, 2.75) is 12.2 Å². The predicted octanol–water partition coefficient (Wildman–Crippen LogP) is 0.127. The van der Waals surface area contributed by atoms with Crippen LogP contribution in [0.3, 0.4) is 0 Å². The molecule has 76 valence electrons. The molecule has 2 rings (SSSR count). The first-order valence-electron chi connectivity index (χ1n) is 4.34. The lowest BCUT2D eigenvalue weighted by molar-refractivity contribution is -0.0202. The zero-order valence-corrected chi connectivity index (χ0v) is 9.08. The van der Waals surface area contributed by atoms with Crippen LogP contribution in [0.1, 0.15) is 11.3 Å². The van der Waals surface area contributed by atoms with E-state index < -0.39 is 5.60 Å². The molecule has 0 aromatic carbocycles. The second kappa shape index (κ2) is 3.58. The first-order chi connectivity index (χ1) is 6.65. The number of rotatable bonds is 2. The van der Waals surface area contributed by atoms with E-state index in [4.69, 9.17) is 5.11 Å². The Morgan fingerprint density at radius 3 is 2.79 bits per heavy atom. The molecular weight excluding hydrogens is 248 g/mol. The van der Waals surface area contributed by atoms with Gasteiger partial charge in [0.2, 0.25) is 0 Å². The van der Waals surface area contributed by atoms with E-state index >= 15 is 0 Å². The SMILES string of the molecule is OCc1cc(Br)cnc1C1(O)CNC1. The molecule has 1 aromatic heterocycles. The molecule has 5 heteroatoms. The molecule has 0 unspecified atom stereocenters. The van der Waals surface area contributed by atoms with Gasteiger partial charge in [-0.3, -0.25) is 4.98 Å². The Bertz CT molecular complexity index is 353. The number of aromatic nitrogens is 1. The highest BCUT2D eigenvalue weighted by atomic mass is 79.9. The molecular formula is C9H11BrN2O2. The highest BCUT2D eigenvalue weighted by Crippen LogP contribution is 2.27. The molecule has 4 nitrogen and oxygen atoms in total. The fraction of sp³-hybridized carbons (Fsp3) is 0.444. The van der Waals surface area contributed by atoms with E-state index in [0.717, 1.165) is 4.47 Å². The maximum Gasteiger partial charge on any atom is 0.131 e. The zero-order chi connectivity index (χ0) is 10.2. The van der Waals surface area contributed by atoms with Gasteiger partial charge in [0.1, 0.15) is 5.60 Å². The van der Waals surface area contributed by atoms with E-state index in [-0.39, 0.29) is 6.61 Å². The minimum absolute atomic E-state index is 0.107. The van der Waals surface area contributed by atoms with Crippen molar-refractivity contribution in [3.63, 3.8) is 0 Å². The summed E-state index contributed by atoms with van der Waals surface area (Å²) >= 11 is 3.27. The van der Waals surface area contributed by atoms with Crippen LogP contribution in [0.15, 0.2) is 16.7 Å². The number of halogens is 1. The van der Waals surface area contributed by atoms with Crippen LogP contribution in [0.2, 0.25) is 0 Å². The van der Waals surface area contributed by atoms with Gasteiger partial charge in [-0.05, 0) is 22.0 Å². The van der Waals surface area contributed by atoms with Crippen LogP contribution in [0.4, 0.5) is 0 Å². The summed E-state index contributed by atoms with van der Waals surface area (Å²) in [4.78, 5) is 4.15. The summed E-state index contributed by atoms with van der Waals surface area (Å²) < 4.78 is 0.807. The highest BCUT2D eigenvalue weighted by molar-refractivity contribution is 9.10. The standard InChI is InChI=1S/C9H11BrN2O2/c10-7-1-6(3-13)8(12-2-7)9(14)4-11-5-9/h1-2,11,13-14H,3-5H2. The summed E-state index contributed by atoms with van der Waals surface area (Å²) in [5.41, 5.74) is 0.337. The largest absolute Gasteiger partial charge is 0.392 e. The normalized spacial score (nSPS) is 19.1. The Labute approximate surface area is 90.1 Å². The van der Waals surface area contributed by atoms with Crippen molar-refractivity contribution in [3.05, 3.63) is 28.0 Å². The molecule has 3 N–H and O–H groups in total. The molecule has 1 fully saturated rings. The third kappa shape index (κ3) is 1.56. The summed E-state index contributed by atoms with van der Waals surface area (Å²) in [6.45, 7) is 0.882. The lowest BCUT2D eigenvalue weighted by Crippen LogP contribution is -2.57. The van der Waals surface area contributed by atoms with Gasteiger partial charge in [-0.25, -0.2) is 0 Å². The first-order valence-corrected chi connectivity index (χ1v) is 5.14. The monoisotopic (exact) mass is 258 g/mol. The van der Waals surface area contributed by atoms with Gasteiger partial charge in [0.05, 0.1) is 12.3 Å². The van der Waals surface area contributed by atoms with Gasteiger partial charge < -0.3 is 15.5 Å². The highest BCUT2D eigenvalue weighted by Gasteiger charge is 2.39. The average Bonchev–Trinajstić information content (AvgIpc) is 2.14. The molecule has 0 saturated carbocycles. The maximum absolute atomic E-state index is 10.0. The first kappa shape index (κ1) is 10.0. The van der Waals surface area contributed by atoms with Crippen LogP contribution >= 0.6 is 15.9 Å². The van der Waals surface area contributed by atoms with Crippen molar-refractivity contribution < 1.29 is 10.2 Å². The fourth-order valence-corrected chi connectivity index (χ4v) is 1.93. The molecule has 2 heterocycles. The van der Waals surface area contributed by atoms with Crippen molar-refractivity contribution in [2.75, 3.05) is 13.1 Å². The van der Waals surface area contributed by atoms with Crippen molar-refractivity contribution >= 4 is 15.9 Å². The third-order valence-corrected chi connectivity index (χ3v) is 2.81. The molecule has 0 amide bonds. The Hall–Kier alpha value is -0.490. The molecule has 14 heavy (non-hydrogen) atoms. The van der Waals surface area contributed by atoms with Crippen molar-refractivity contribution in [3.8, 4) is 0 Å². The van der Waals surface area contributed by atoms with Gasteiger partial charge >= 0.3 is 0 Å². The summed E-state index contributed by atoms with van der Waals surface area (Å²) in [5.74, 6) is 0. The minimum Gasteiger partial charge on any atom is -0.392 e. The quantitative estimate of drug-likeness (QED) is 0.706. The van der Waals surface area contributed by atoms with E-state index in [2.05, 4.69) is 26.2 Å². The topological polar surface area (TPSA) is 65.4 Å². The predicted molar refractivity (Wildman–Crippen MR) is 54.6 cm³/mol. The molecule has 0 spiro atoms. The van der Waals surface area contributed by atoms with Gasteiger partial charge in [-0.2, -0.15) is 0 Å². The minimum atomic E-state index is -0.904. The summed E-state index contributed by atoms with van der Waals surface area (Å²) in [7, 11) is 0. The van der Waals surface area contributed by atoms with Crippen LogP contribution in [0.5, 0.6) is 0 Å². The lowest BCUT2D eigenvalue weighted by Gasteiger charge is -2.37. The molecule has 0 atom stereocenters. The number of hydrogen-bond acceptors (Lipinski definition) is 4. The Morgan fingerprint density at radius 2 is 2.29 bits per heavy atom. The molecule has 0 bridgehead atoms. The summed E-state index contributed by atoms with van der Waals surface area (Å²) in [5, 5.41) is 22.1. The van der Waals surface area contributed by atoms with Crippen LogP contribution < -0.4 is 5.32 Å². The zero-order valence-electron chi connectivity index (χ0n) is 7.50. The van der Waals surface area contributed by atoms with E-state index in [1.807, 2.05) is 0 Å². The molecule has 1 aromatic rings. The van der Waals surface area contributed by atoms with Gasteiger partial charge in [0.15, 0.2) is 0 Å². The average molecular weight is 259 g/mol. The van der Waals surface area contributed by atoms with Crippen LogP contribution in [-0.2, 0) is 12.2 Å². The van der Waals surface area contributed by atoms with Gasteiger partial charge in [-0.15, -0.1) is 0 Å². The number of aliphatic hydroxyl groups is 2. The number of nitrogens with one attached hydrogen (secondary N) is 1. The van der Waals surface area contributed by atoms with Crippen LogP contribution in [0, 0.1) is 0 Å². The second-order valence-electron chi connectivity index (χ2n) is 3.45. The summed E-state index contributed by atoms with van der Waals surface area (Å²) in [6, 6.07) is 1.78. The van der Waals surface area contributed by atoms with E-state index in [0.29, 0.717) is 24.3 Å². The fourth-order valence-electron chi connectivity index (χ4n) is 1.55. The number of hydrogen-bond donors (Lipinski definition) is 3. The molecule has 1 aliphatic rings. The third-order valence-electron chi connectivity index (χ3n) is 2.38. The van der Waals surface area contributed by atoms with Gasteiger partial charge in [0.25, 0.3) is 0 Å². The van der Waals surface area contributed by atoms with Gasteiger partial charge in [-0.1, -0.05) is 0 Å². The van der Waals surface area contributed by atoms with E-state index in [1.54, 1.807) is 12.3 Å². The lowest BCUT2D eigenvalue weighted by atomic mass is 9.89. The number of β-amino-alcohol motifs (C(OH)–C–C–N with tert-alkyl or cyclic N) is 1. The Kier molecular flexibility index (Phi) is 2.57. The summed E-state index contributed by atoms with van der Waals surface area (Å²) in [6.07, 6.45) is 1.63. The van der Waals surface area contributed by atoms with Crippen molar-refractivity contribution in [1.29, 1.82) is 0 Å². The van der Waals surface area contributed by atoms with Crippen molar-refractivity contribution in [1.82, 2.24) is 10.3 Å². The molecule has 1 saturated heterocycles. The van der Waals surface area contributed by atoms with E-state index in [9.17, 15) is 5.11 Å². The van der Waals surface area contributed by atoms with Crippen molar-refractivity contribution in [2.24, 2.45) is 0 Å². The number of nitrogens with zero attached hydrogens (tertiary/aromatic N) is 1. The smallest absolute Gasteiger partial charge is 0.131 e. The molecule has 0 aliphatic carbocycles.